The van der Waals surface area contributed by atoms with Gasteiger partial charge in [-0.25, -0.2) is 4.79 Å². The summed E-state index contributed by atoms with van der Waals surface area (Å²) in [5.41, 5.74) is 4.20. The molecule has 0 aliphatic carbocycles. The minimum Gasteiger partial charge on any atom is -0.465 e. The van der Waals surface area contributed by atoms with Crippen molar-refractivity contribution in [1.29, 1.82) is 0 Å². The molecule has 0 fully saturated rings. The highest BCUT2D eigenvalue weighted by molar-refractivity contribution is 5.96. The van der Waals surface area contributed by atoms with Gasteiger partial charge in [0.15, 0.2) is 0 Å². The van der Waals surface area contributed by atoms with Gasteiger partial charge in [-0.15, -0.1) is 0 Å². The first-order chi connectivity index (χ1) is 10.3. The van der Waals surface area contributed by atoms with E-state index >= 15 is 0 Å². The summed E-state index contributed by atoms with van der Waals surface area (Å²) in [6.07, 6.45) is 1.48. The van der Waals surface area contributed by atoms with Gasteiger partial charge < -0.3 is 4.74 Å². The predicted molar refractivity (Wildman–Crippen MR) is 80.8 cm³/mol. The SMILES string of the molecule is COC(=O)c1cn[nH]c1-c1cccc(-c2ccccc2)c1. The Hall–Kier alpha value is -2.88. The molecule has 0 saturated heterocycles. The third-order valence-corrected chi connectivity index (χ3v) is 3.30. The molecule has 1 aromatic heterocycles. The number of rotatable bonds is 3. The summed E-state index contributed by atoms with van der Waals surface area (Å²) in [4.78, 5) is 11.7. The molecule has 0 saturated carbocycles. The molecule has 4 heteroatoms. The fourth-order valence-corrected chi connectivity index (χ4v) is 2.26. The van der Waals surface area contributed by atoms with E-state index in [-0.39, 0.29) is 0 Å². The van der Waals surface area contributed by atoms with Crippen molar-refractivity contribution < 1.29 is 9.53 Å². The number of hydrogen-bond acceptors (Lipinski definition) is 3. The van der Waals surface area contributed by atoms with E-state index in [2.05, 4.69) is 10.2 Å². The summed E-state index contributed by atoms with van der Waals surface area (Å²) in [5, 5.41) is 6.81. The lowest BCUT2D eigenvalue weighted by Crippen LogP contribution is -2.01. The van der Waals surface area contributed by atoms with E-state index in [1.807, 2.05) is 54.6 Å². The molecular weight excluding hydrogens is 264 g/mol. The minimum absolute atomic E-state index is 0.399. The second-order valence-electron chi connectivity index (χ2n) is 4.60. The number of H-pyrrole nitrogens is 1. The number of hydrogen-bond donors (Lipinski definition) is 1. The smallest absolute Gasteiger partial charge is 0.341 e. The normalized spacial score (nSPS) is 10.3. The van der Waals surface area contributed by atoms with Gasteiger partial charge in [-0.3, -0.25) is 5.10 Å². The van der Waals surface area contributed by atoms with Gasteiger partial charge in [-0.05, 0) is 17.2 Å². The van der Waals surface area contributed by atoms with Crippen molar-refractivity contribution >= 4 is 5.97 Å². The van der Waals surface area contributed by atoms with Gasteiger partial charge in [-0.1, -0.05) is 48.5 Å². The van der Waals surface area contributed by atoms with Gasteiger partial charge in [0.25, 0.3) is 0 Å². The highest BCUT2D eigenvalue weighted by Crippen LogP contribution is 2.27. The largest absolute Gasteiger partial charge is 0.465 e. The lowest BCUT2D eigenvalue weighted by atomic mass is 10.0. The summed E-state index contributed by atoms with van der Waals surface area (Å²) >= 11 is 0. The Labute approximate surface area is 122 Å². The topological polar surface area (TPSA) is 55.0 Å². The molecule has 21 heavy (non-hydrogen) atoms. The van der Waals surface area contributed by atoms with Crippen LogP contribution in [0, 0.1) is 0 Å². The minimum atomic E-state index is -0.399. The van der Waals surface area contributed by atoms with Crippen LogP contribution in [0.3, 0.4) is 0 Å². The van der Waals surface area contributed by atoms with Crippen LogP contribution in [0.25, 0.3) is 22.4 Å². The Morgan fingerprint density at radius 1 is 1.00 bits per heavy atom. The zero-order valence-corrected chi connectivity index (χ0v) is 11.5. The number of carbonyl (C=O) groups is 1. The first-order valence-corrected chi connectivity index (χ1v) is 6.57. The Balaban J connectivity index is 2.05. The van der Waals surface area contributed by atoms with E-state index in [1.54, 1.807) is 0 Å². The third kappa shape index (κ3) is 2.56. The molecule has 104 valence electrons. The Bertz CT molecular complexity index is 763. The van der Waals surface area contributed by atoms with Gasteiger partial charge in [-0.2, -0.15) is 5.10 Å². The third-order valence-electron chi connectivity index (χ3n) is 3.30. The molecule has 0 aliphatic rings. The van der Waals surface area contributed by atoms with E-state index in [9.17, 15) is 4.79 Å². The van der Waals surface area contributed by atoms with Gasteiger partial charge in [0.2, 0.25) is 0 Å². The molecule has 4 nitrogen and oxygen atoms in total. The first-order valence-electron chi connectivity index (χ1n) is 6.57. The van der Waals surface area contributed by atoms with Crippen LogP contribution in [-0.2, 0) is 4.74 Å². The van der Waals surface area contributed by atoms with E-state index in [0.717, 1.165) is 16.7 Å². The molecule has 0 amide bonds. The molecule has 0 aliphatic heterocycles. The second kappa shape index (κ2) is 5.63. The van der Waals surface area contributed by atoms with Crippen LogP contribution in [0.5, 0.6) is 0 Å². The van der Waals surface area contributed by atoms with E-state index in [1.165, 1.54) is 13.3 Å². The molecule has 0 radical (unpaired) electrons. The Kier molecular flexibility index (Phi) is 3.51. The number of methoxy groups -OCH3 is 1. The summed E-state index contributed by atoms with van der Waals surface area (Å²) in [6.45, 7) is 0. The Morgan fingerprint density at radius 3 is 2.48 bits per heavy atom. The van der Waals surface area contributed by atoms with Crippen molar-refractivity contribution in [3.8, 4) is 22.4 Å². The quantitative estimate of drug-likeness (QED) is 0.746. The number of benzene rings is 2. The Morgan fingerprint density at radius 2 is 1.71 bits per heavy atom. The lowest BCUT2D eigenvalue weighted by molar-refractivity contribution is 0.0601. The predicted octanol–water partition coefficient (Wildman–Crippen LogP) is 3.53. The highest BCUT2D eigenvalue weighted by atomic mass is 16.5. The van der Waals surface area contributed by atoms with Crippen LogP contribution in [0.1, 0.15) is 10.4 Å². The molecule has 0 spiro atoms. The maximum Gasteiger partial charge on any atom is 0.341 e. The van der Waals surface area contributed by atoms with E-state index < -0.39 is 5.97 Å². The summed E-state index contributed by atoms with van der Waals surface area (Å²) in [6, 6.07) is 18.0. The van der Waals surface area contributed by atoms with Crippen molar-refractivity contribution in [3.63, 3.8) is 0 Å². The van der Waals surface area contributed by atoms with Crippen molar-refractivity contribution in [1.82, 2.24) is 10.2 Å². The van der Waals surface area contributed by atoms with Crippen LogP contribution in [0.4, 0.5) is 0 Å². The number of aromatic nitrogens is 2. The van der Waals surface area contributed by atoms with Gasteiger partial charge in [0.05, 0.1) is 19.0 Å². The average Bonchev–Trinajstić information content (AvgIpc) is 3.05. The molecule has 0 atom stereocenters. The first kappa shape index (κ1) is 13.1. The van der Waals surface area contributed by atoms with Crippen molar-refractivity contribution in [2.24, 2.45) is 0 Å². The molecule has 1 N–H and O–H groups in total. The molecule has 1 heterocycles. The number of nitrogens with one attached hydrogen (secondary N) is 1. The molecule has 0 unspecified atom stereocenters. The number of carbonyl (C=O) groups excluding carboxylic acids is 1. The van der Waals surface area contributed by atoms with Crippen LogP contribution in [0.2, 0.25) is 0 Å². The maximum absolute atomic E-state index is 11.7. The van der Waals surface area contributed by atoms with Gasteiger partial charge in [0.1, 0.15) is 5.56 Å². The van der Waals surface area contributed by atoms with E-state index in [0.29, 0.717) is 11.3 Å². The fourth-order valence-electron chi connectivity index (χ4n) is 2.26. The monoisotopic (exact) mass is 278 g/mol. The van der Waals surface area contributed by atoms with Crippen LogP contribution < -0.4 is 0 Å². The van der Waals surface area contributed by atoms with Crippen molar-refractivity contribution in [2.45, 2.75) is 0 Å². The number of nitrogens with zero attached hydrogens (tertiary/aromatic N) is 1. The zero-order valence-electron chi connectivity index (χ0n) is 11.5. The maximum atomic E-state index is 11.7. The molecule has 2 aromatic carbocycles. The number of ether oxygens (including phenoxy) is 1. The number of aromatic amines is 1. The molecule has 3 rings (SSSR count). The van der Waals surface area contributed by atoms with Gasteiger partial charge in [0, 0.05) is 5.56 Å². The van der Waals surface area contributed by atoms with Crippen LogP contribution >= 0.6 is 0 Å². The van der Waals surface area contributed by atoms with Crippen molar-refractivity contribution in [3.05, 3.63) is 66.4 Å². The van der Waals surface area contributed by atoms with Crippen LogP contribution in [-0.4, -0.2) is 23.3 Å². The fraction of sp³-hybridized carbons (Fsp3) is 0.0588. The molecular formula is C17H14N2O2. The standard InChI is InChI=1S/C17H14N2O2/c1-21-17(20)15-11-18-19-16(15)14-9-5-8-13(10-14)12-6-3-2-4-7-12/h2-11H,1H3,(H,18,19). The number of esters is 1. The van der Waals surface area contributed by atoms with Gasteiger partial charge >= 0.3 is 5.97 Å². The average molecular weight is 278 g/mol. The van der Waals surface area contributed by atoms with Crippen molar-refractivity contribution in [2.75, 3.05) is 7.11 Å². The van der Waals surface area contributed by atoms with E-state index in [4.69, 9.17) is 4.74 Å². The second-order valence-corrected chi connectivity index (χ2v) is 4.60. The highest BCUT2D eigenvalue weighted by Gasteiger charge is 2.15. The summed E-state index contributed by atoms with van der Waals surface area (Å²) in [7, 11) is 1.36. The summed E-state index contributed by atoms with van der Waals surface area (Å²) in [5.74, 6) is -0.399. The zero-order chi connectivity index (χ0) is 14.7. The van der Waals surface area contributed by atoms with Crippen LogP contribution in [0.15, 0.2) is 60.8 Å². The molecule has 0 bridgehead atoms. The summed E-state index contributed by atoms with van der Waals surface area (Å²) < 4.78 is 4.77. The molecule has 3 aromatic rings. The lowest BCUT2D eigenvalue weighted by Gasteiger charge is -2.06.